The zero-order chi connectivity index (χ0) is 12.2. The van der Waals surface area contributed by atoms with Gasteiger partial charge in [0.25, 0.3) is 0 Å². The highest BCUT2D eigenvalue weighted by Gasteiger charge is 2.39. The second kappa shape index (κ2) is 5.27. The van der Waals surface area contributed by atoms with Crippen LogP contribution in [0.2, 0.25) is 0 Å². The third-order valence-electron chi connectivity index (χ3n) is 2.67. The molecule has 0 bridgehead atoms. The lowest BCUT2D eigenvalue weighted by Gasteiger charge is -2.46. The molecular formula is C10H19N3O3. The first kappa shape index (κ1) is 12.9. The smallest absolute Gasteiger partial charge is 0.318 e. The maximum Gasteiger partial charge on any atom is 0.318 e. The molecule has 0 saturated carbocycles. The zero-order valence-electron chi connectivity index (χ0n) is 9.53. The third kappa shape index (κ3) is 3.79. The van der Waals surface area contributed by atoms with Gasteiger partial charge in [0.15, 0.2) is 0 Å². The summed E-state index contributed by atoms with van der Waals surface area (Å²) in [6, 6.07) is -0.823. The molecule has 1 heterocycles. The average Bonchev–Trinajstić information content (AvgIpc) is 2.10. The van der Waals surface area contributed by atoms with Crippen LogP contribution in [-0.2, 0) is 4.79 Å². The number of hydrogen-bond acceptors (Lipinski definition) is 4. The molecule has 0 aromatic rings. The molecule has 0 aromatic carbocycles. The Hall–Kier alpha value is -1.14. The minimum atomic E-state index is -0.823. The van der Waals surface area contributed by atoms with E-state index in [0.717, 1.165) is 12.8 Å². The number of hydrogen-bond donors (Lipinski definition) is 3. The molecule has 1 aliphatic heterocycles. The van der Waals surface area contributed by atoms with E-state index < -0.39 is 11.6 Å². The first-order chi connectivity index (χ1) is 7.45. The Balaban J connectivity index is 2.13. The van der Waals surface area contributed by atoms with E-state index in [1.54, 1.807) is 0 Å². The van der Waals surface area contributed by atoms with Crippen LogP contribution in [0.3, 0.4) is 0 Å². The maximum absolute atomic E-state index is 11.1. The predicted molar refractivity (Wildman–Crippen MR) is 58.6 cm³/mol. The fourth-order valence-electron chi connectivity index (χ4n) is 2.03. The van der Waals surface area contributed by atoms with Crippen LogP contribution in [0, 0.1) is 0 Å². The molecule has 0 radical (unpaired) electrons. The highest BCUT2D eigenvalue weighted by atomic mass is 16.3. The van der Waals surface area contributed by atoms with E-state index in [9.17, 15) is 14.7 Å². The van der Waals surface area contributed by atoms with Crippen molar-refractivity contribution >= 4 is 11.9 Å². The molecule has 0 aliphatic carbocycles. The lowest BCUT2D eigenvalue weighted by Crippen LogP contribution is -2.61. The molecule has 6 heteroatoms. The van der Waals surface area contributed by atoms with E-state index in [2.05, 4.69) is 0 Å². The number of nitrogens with two attached hydrogens (primary N) is 1. The Morgan fingerprint density at radius 2 is 2.12 bits per heavy atom. The SMILES string of the molecule is CCCC1(O)CN(CCC(=O)NC(N)=O)C1. The summed E-state index contributed by atoms with van der Waals surface area (Å²) in [4.78, 5) is 23.4. The molecule has 3 amide bonds. The standard InChI is InChI=1S/C10H19N3O3/c1-2-4-10(16)6-13(7-10)5-3-8(14)12-9(11)15/h16H,2-7H2,1H3,(H3,11,12,14,15). The van der Waals surface area contributed by atoms with Crippen LogP contribution in [0.1, 0.15) is 26.2 Å². The van der Waals surface area contributed by atoms with Crippen LogP contribution in [0.4, 0.5) is 4.79 Å². The molecular weight excluding hydrogens is 210 g/mol. The van der Waals surface area contributed by atoms with Crippen LogP contribution >= 0.6 is 0 Å². The van der Waals surface area contributed by atoms with E-state index in [0.29, 0.717) is 19.6 Å². The van der Waals surface area contributed by atoms with Crippen LogP contribution in [0.15, 0.2) is 0 Å². The molecule has 1 rings (SSSR count). The minimum Gasteiger partial charge on any atom is -0.387 e. The number of β-amino-alcohol motifs (C(OH)–C–C–N with tert-alkyl or cyclic N) is 1. The number of primary amides is 1. The number of amides is 3. The van der Waals surface area contributed by atoms with Gasteiger partial charge in [-0.05, 0) is 6.42 Å². The number of aliphatic hydroxyl groups is 1. The van der Waals surface area contributed by atoms with Gasteiger partial charge < -0.3 is 10.8 Å². The highest BCUT2D eigenvalue weighted by Crippen LogP contribution is 2.25. The number of rotatable bonds is 5. The minimum absolute atomic E-state index is 0.227. The molecule has 1 saturated heterocycles. The Kier molecular flexibility index (Phi) is 4.26. The lowest BCUT2D eigenvalue weighted by atomic mass is 9.89. The number of imide groups is 1. The summed E-state index contributed by atoms with van der Waals surface area (Å²) in [5, 5.41) is 11.9. The van der Waals surface area contributed by atoms with Crippen molar-refractivity contribution in [1.82, 2.24) is 10.2 Å². The zero-order valence-corrected chi connectivity index (χ0v) is 9.53. The van der Waals surface area contributed by atoms with Gasteiger partial charge in [-0.2, -0.15) is 0 Å². The molecule has 0 aromatic heterocycles. The summed E-state index contributed by atoms with van der Waals surface area (Å²) in [5.74, 6) is -0.376. The van der Waals surface area contributed by atoms with Crippen molar-refractivity contribution in [2.75, 3.05) is 19.6 Å². The molecule has 0 atom stereocenters. The number of nitrogens with zero attached hydrogens (tertiary/aromatic N) is 1. The van der Waals surface area contributed by atoms with Gasteiger partial charge in [-0.25, -0.2) is 4.79 Å². The predicted octanol–water partition coefficient (Wildman–Crippen LogP) is -0.582. The summed E-state index contributed by atoms with van der Waals surface area (Å²) in [5.41, 5.74) is 4.23. The van der Waals surface area contributed by atoms with Gasteiger partial charge in [0.2, 0.25) is 5.91 Å². The van der Waals surface area contributed by atoms with E-state index in [-0.39, 0.29) is 12.3 Å². The second-order valence-corrected chi connectivity index (χ2v) is 4.35. The molecule has 16 heavy (non-hydrogen) atoms. The van der Waals surface area contributed by atoms with Gasteiger partial charge in [-0.1, -0.05) is 13.3 Å². The van der Waals surface area contributed by atoms with Crippen molar-refractivity contribution in [3.8, 4) is 0 Å². The topological polar surface area (TPSA) is 95.7 Å². The summed E-state index contributed by atoms with van der Waals surface area (Å²) < 4.78 is 0. The van der Waals surface area contributed by atoms with Gasteiger partial charge in [0.05, 0.1) is 5.60 Å². The molecule has 1 fully saturated rings. The van der Waals surface area contributed by atoms with Crippen LogP contribution in [0.25, 0.3) is 0 Å². The third-order valence-corrected chi connectivity index (χ3v) is 2.67. The second-order valence-electron chi connectivity index (χ2n) is 4.35. The number of urea groups is 1. The van der Waals surface area contributed by atoms with Crippen LogP contribution < -0.4 is 11.1 Å². The van der Waals surface area contributed by atoms with Gasteiger partial charge in [0, 0.05) is 26.1 Å². The maximum atomic E-state index is 11.1. The fraction of sp³-hybridized carbons (Fsp3) is 0.800. The normalized spacial score (nSPS) is 18.9. The Bertz CT molecular complexity index is 274. The molecule has 1 aliphatic rings. The van der Waals surface area contributed by atoms with Gasteiger partial charge in [-0.3, -0.25) is 15.0 Å². The van der Waals surface area contributed by atoms with Crippen molar-refractivity contribution in [3.63, 3.8) is 0 Å². The molecule has 92 valence electrons. The van der Waals surface area contributed by atoms with Crippen molar-refractivity contribution in [2.24, 2.45) is 5.73 Å². The fourth-order valence-corrected chi connectivity index (χ4v) is 2.03. The molecule has 6 nitrogen and oxygen atoms in total. The molecule has 4 N–H and O–H groups in total. The first-order valence-corrected chi connectivity index (χ1v) is 5.49. The summed E-state index contributed by atoms with van der Waals surface area (Å²) in [6.45, 7) is 3.78. The van der Waals surface area contributed by atoms with E-state index in [1.165, 1.54) is 0 Å². The molecule has 0 unspecified atom stereocenters. The number of likely N-dealkylation sites (tertiary alicyclic amines) is 1. The Labute approximate surface area is 94.8 Å². The van der Waals surface area contributed by atoms with Gasteiger partial charge >= 0.3 is 6.03 Å². The van der Waals surface area contributed by atoms with Crippen LogP contribution in [-0.4, -0.2) is 47.2 Å². The average molecular weight is 229 g/mol. The lowest BCUT2D eigenvalue weighted by molar-refractivity contribution is -0.124. The number of carbonyl (C=O) groups is 2. The Morgan fingerprint density at radius 3 is 2.62 bits per heavy atom. The summed E-state index contributed by atoms with van der Waals surface area (Å²) in [7, 11) is 0. The first-order valence-electron chi connectivity index (χ1n) is 5.49. The Morgan fingerprint density at radius 1 is 1.50 bits per heavy atom. The van der Waals surface area contributed by atoms with E-state index >= 15 is 0 Å². The monoisotopic (exact) mass is 229 g/mol. The summed E-state index contributed by atoms with van der Waals surface area (Å²) >= 11 is 0. The largest absolute Gasteiger partial charge is 0.387 e. The van der Waals surface area contributed by atoms with Crippen molar-refractivity contribution in [3.05, 3.63) is 0 Å². The highest BCUT2D eigenvalue weighted by molar-refractivity contribution is 5.93. The van der Waals surface area contributed by atoms with Crippen molar-refractivity contribution in [2.45, 2.75) is 31.8 Å². The van der Waals surface area contributed by atoms with E-state index in [4.69, 9.17) is 5.73 Å². The number of nitrogens with one attached hydrogen (secondary N) is 1. The van der Waals surface area contributed by atoms with Crippen LogP contribution in [0.5, 0.6) is 0 Å². The molecule has 0 spiro atoms. The van der Waals surface area contributed by atoms with E-state index in [1.807, 2.05) is 17.1 Å². The summed E-state index contributed by atoms with van der Waals surface area (Å²) in [6.07, 6.45) is 1.97. The van der Waals surface area contributed by atoms with Gasteiger partial charge in [0.1, 0.15) is 0 Å². The number of carbonyl (C=O) groups excluding carboxylic acids is 2. The van der Waals surface area contributed by atoms with Gasteiger partial charge in [-0.15, -0.1) is 0 Å². The quantitative estimate of drug-likeness (QED) is 0.587. The van der Waals surface area contributed by atoms with Crippen molar-refractivity contribution < 1.29 is 14.7 Å². The van der Waals surface area contributed by atoms with Crippen molar-refractivity contribution in [1.29, 1.82) is 0 Å².